The van der Waals surface area contributed by atoms with Gasteiger partial charge in [-0.2, -0.15) is 0 Å². The van der Waals surface area contributed by atoms with Crippen molar-refractivity contribution < 1.29 is 0 Å². The van der Waals surface area contributed by atoms with Gasteiger partial charge in [-0.25, -0.2) is 0 Å². The van der Waals surface area contributed by atoms with Crippen molar-refractivity contribution in [1.29, 1.82) is 0 Å². The van der Waals surface area contributed by atoms with Crippen molar-refractivity contribution in [3.05, 3.63) is 0 Å². The fourth-order valence-corrected chi connectivity index (χ4v) is 2.52. The van der Waals surface area contributed by atoms with Gasteiger partial charge < -0.3 is 10.6 Å². The number of hydrogen-bond donors (Lipinski definition) is 1. The molecule has 1 aliphatic rings. The van der Waals surface area contributed by atoms with Gasteiger partial charge in [-0.05, 0) is 39.3 Å². The fraction of sp³-hybridized carbons (Fsp3) is 1.00. The van der Waals surface area contributed by atoms with Crippen LogP contribution < -0.4 is 5.73 Å². The summed E-state index contributed by atoms with van der Waals surface area (Å²) < 4.78 is 0. The molecule has 0 aromatic heterocycles. The molecule has 1 saturated carbocycles. The van der Waals surface area contributed by atoms with E-state index >= 15 is 0 Å². The molecule has 1 fully saturated rings. The highest BCUT2D eigenvalue weighted by atomic mass is 15.2. The highest BCUT2D eigenvalue weighted by Gasteiger charge is 2.40. The summed E-state index contributed by atoms with van der Waals surface area (Å²) >= 11 is 0. The van der Waals surface area contributed by atoms with Gasteiger partial charge in [0.2, 0.25) is 0 Å². The largest absolute Gasteiger partial charge is 0.329 e. The Morgan fingerprint density at radius 1 is 1.19 bits per heavy atom. The molecule has 0 aromatic carbocycles. The van der Waals surface area contributed by atoms with Crippen LogP contribution in [0.3, 0.4) is 0 Å². The summed E-state index contributed by atoms with van der Waals surface area (Å²) in [6.45, 7) is 8.89. The SMILES string of the molecule is CC(C)CN(CCN(C)C)C1(CN)CCC1. The predicted octanol–water partition coefficient (Wildman–Crippen LogP) is 1.39. The van der Waals surface area contributed by atoms with Gasteiger partial charge in [0.25, 0.3) is 0 Å². The van der Waals surface area contributed by atoms with E-state index in [4.69, 9.17) is 5.73 Å². The second-order valence-corrected chi connectivity index (χ2v) is 5.93. The van der Waals surface area contributed by atoms with E-state index in [1.165, 1.54) is 25.8 Å². The minimum atomic E-state index is 0.334. The number of likely N-dealkylation sites (N-methyl/N-ethyl adjacent to an activating group) is 1. The van der Waals surface area contributed by atoms with Crippen molar-refractivity contribution in [2.45, 2.75) is 38.6 Å². The van der Waals surface area contributed by atoms with Gasteiger partial charge in [-0.3, -0.25) is 4.90 Å². The number of nitrogens with zero attached hydrogens (tertiary/aromatic N) is 2. The highest BCUT2D eigenvalue weighted by molar-refractivity contribution is 4.99. The van der Waals surface area contributed by atoms with E-state index < -0.39 is 0 Å². The molecular formula is C13H29N3. The zero-order chi connectivity index (χ0) is 12.2. The van der Waals surface area contributed by atoms with Crippen LogP contribution in [0.15, 0.2) is 0 Å². The van der Waals surface area contributed by atoms with Gasteiger partial charge in [0.1, 0.15) is 0 Å². The number of rotatable bonds is 7. The summed E-state index contributed by atoms with van der Waals surface area (Å²) in [5.74, 6) is 0.728. The maximum absolute atomic E-state index is 6.00. The normalized spacial score (nSPS) is 19.5. The number of nitrogens with two attached hydrogens (primary N) is 1. The van der Waals surface area contributed by atoms with E-state index in [9.17, 15) is 0 Å². The van der Waals surface area contributed by atoms with E-state index in [1.54, 1.807) is 0 Å². The van der Waals surface area contributed by atoms with Crippen LogP contribution in [0, 0.1) is 5.92 Å². The van der Waals surface area contributed by atoms with Gasteiger partial charge in [-0.15, -0.1) is 0 Å². The van der Waals surface area contributed by atoms with Crippen molar-refractivity contribution in [1.82, 2.24) is 9.80 Å². The van der Waals surface area contributed by atoms with Gasteiger partial charge in [0.05, 0.1) is 0 Å². The first kappa shape index (κ1) is 13.9. The number of hydrogen-bond acceptors (Lipinski definition) is 3. The first-order valence-corrected chi connectivity index (χ1v) is 6.60. The van der Waals surface area contributed by atoms with Crippen molar-refractivity contribution in [3.63, 3.8) is 0 Å². The summed E-state index contributed by atoms with van der Waals surface area (Å²) in [6, 6.07) is 0. The van der Waals surface area contributed by atoms with Crippen LogP contribution in [0.1, 0.15) is 33.1 Å². The molecule has 0 radical (unpaired) electrons. The molecule has 1 rings (SSSR count). The molecule has 3 nitrogen and oxygen atoms in total. The van der Waals surface area contributed by atoms with Gasteiger partial charge in [-0.1, -0.05) is 13.8 Å². The Labute approximate surface area is 101 Å². The Hall–Kier alpha value is -0.120. The molecule has 0 aromatic rings. The molecule has 16 heavy (non-hydrogen) atoms. The molecule has 0 bridgehead atoms. The van der Waals surface area contributed by atoms with E-state index in [2.05, 4.69) is 37.7 Å². The lowest BCUT2D eigenvalue weighted by Gasteiger charge is -2.51. The molecule has 2 N–H and O–H groups in total. The molecule has 0 aliphatic heterocycles. The molecule has 1 aliphatic carbocycles. The van der Waals surface area contributed by atoms with Crippen molar-refractivity contribution in [2.75, 3.05) is 40.3 Å². The Kier molecular flexibility index (Phi) is 5.22. The monoisotopic (exact) mass is 227 g/mol. The Balaban J connectivity index is 2.55. The van der Waals surface area contributed by atoms with Crippen LogP contribution in [0.2, 0.25) is 0 Å². The zero-order valence-electron chi connectivity index (χ0n) is 11.5. The third-order valence-corrected chi connectivity index (χ3v) is 3.74. The molecule has 0 amide bonds. The smallest absolute Gasteiger partial charge is 0.0332 e. The van der Waals surface area contributed by atoms with Gasteiger partial charge >= 0.3 is 0 Å². The Morgan fingerprint density at radius 2 is 1.81 bits per heavy atom. The molecule has 0 spiro atoms. The van der Waals surface area contributed by atoms with Crippen LogP contribution in [0.25, 0.3) is 0 Å². The summed E-state index contributed by atoms with van der Waals surface area (Å²) in [4.78, 5) is 4.90. The molecule has 0 unspecified atom stereocenters. The van der Waals surface area contributed by atoms with Crippen molar-refractivity contribution >= 4 is 0 Å². The lowest BCUT2D eigenvalue weighted by Crippen LogP contribution is -2.60. The maximum Gasteiger partial charge on any atom is 0.0332 e. The molecule has 0 heterocycles. The van der Waals surface area contributed by atoms with Crippen LogP contribution in [0.4, 0.5) is 0 Å². The molecule has 0 atom stereocenters. The second-order valence-electron chi connectivity index (χ2n) is 5.93. The highest BCUT2D eigenvalue weighted by Crippen LogP contribution is 2.37. The van der Waals surface area contributed by atoms with E-state index in [0.29, 0.717) is 5.54 Å². The third kappa shape index (κ3) is 3.44. The maximum atomic E-state index is 6.00. The standard InChI is InChI=1S/C13H29N3/c1-12(2)10-16(9-8-15(3)4)13(11-14)6-5-7-13/h12H,5-11,14H2,1-4H3. The van der Waals surface area contributed by atoms with Gasteiger partial charge in [0.15, 0.2) is 0 Å². The quantitative estimate of drug-likeness (QED) is 0.713. The summed E-state index contributed by atoms with van der Waals surface area (Å²) in [5, 5.41) is 0. The van der Waals surface area contributed by atoms with Crippen LogP contribution in [0.5, 0.6) is 0 Å². The van der Waals surface area contributed by atoms with Crippen LogP contribution >= 0.6 is 0 Å². The molecule has 0 saturated heterocycles. The lowest BCUT2D eigenvalue weighted by atomic mass is 9.75. The Morgan fingerprint density at radius 3 is 2.12 bits per heavy atom. The first-order chi connectivity index (χ1) is 7.50. The topological polar surface area (TPSA) is 32.5 Å². The lowest BCUT2D eigenvalue weighted by molar-refractivity contribution is 0.0106. The molecule has 96 valence electrons. The average molecular weight is 227 g/mol. The molecule has 3 heteroatoms. The van der Waals surface area contributed by atoms with Crippen molar-refractivity contribution in [3.8, 4) is 0 Å². The zero-order valence-corrected chi connectivity index (χ0v) is 11.5. The van der Waals surface area contributed by atoms with Crippen LogP contribution in [-0.4, -0.2) is 55.6 Å². The molecular weight excluding hydrogens is 198 g/mol. The van der Waals surface area contributed by atoms with E-state index in [0.717, 1.165) is 25.6 Å². The summed E-state index contributed by atoms with van der Waals surface area (Å²) in [6.07, 6.45) is 3.95. The van der Waals surface area contributed by atoms with Crippen LogP contribution in [-0.2, 0) is 0 Å². The summed E-state index contributed by atoms with van der Waals surface area (Å²) in [7, 11) is 4.28. The average Bonchev–Trinajstić information content (AvgIpc) is 2.12. The van der Waals surface area contributed by atoms with Gasteiger partial charge in [0, 0.05) is 31.7 Å². The Bertz CT molecular complexity index is 192. The fourth-order valence-electron chi connectivity index (χ4n) is 2.52. The summed E-state index contributed by atoms with van der Waals surface area (Å²) in [5.41, 5.74) is 6.33. The van der Waals surface area contributed by atoms with E-state index in [-0.39, 0.29) is 0 Å². The van der Waals surface area contributed by atoms with Crippen molar-refractivity contribution in [2.24, 2.45) is 11.7 Å². The minimum absolute atomic E-state index is 0.334. The third-order valence-electron chi connectivity index (χ3n) is 3.74. The minimum Gasteiger partial charge on any atom is -0.329 e. The first-order valence-electron chi connectivity index (χ1n) is 6.60. The van der Waals surface area contributed by atoms with E-state index in [1.807, 2.05) is 0 Å². The predicted molar refractivity (Wildman–Crippen MR) is 70.6 cm³/mol. The second kappa shape index (κ2) is 5.99.